The molecule has 158 valence electrons. The number of hydrogen-bond acceptors (Lipinski definition) is 5. The third-order valence-corrected chi connectivity index (χ3v) is 5.57. The Bertz CT molecular complexity index is 937. The molecule has 1 aromatic heterocycles. The summed E-state index contributed by atoms with van der Waals surface area (Å²) < 4.78 is 23.5. The lowest BCUT2D eigenvalue weighted by atomic mass is 9.95. The first-order chi connectivity index (χ1) is 14.7. The van der Waals surface area contributed by atoms with Crippen LogP contribution in [0.4, 0.5) is 0 Å². The third kappa shape index (κ3) is 5.29. The van der Waals surface area contributed by atoms with Crippen LogP contribution < -0.4 is 4.74 Å². The summed E-state index contributed by atoms with van der Waals surface area (Å²) in [6.45, 7) is 3.04. The molecule has 0 radical (unpaired) electrons. The molecule has 0 saturated heterocycles. The van der Waals surface area contributed by atoms with Gasteiger partial charge in [-0.25, -0.2) is 4.98 Å². The second kappa shape index (κ2) is 9.92. The maximum Gasteiger partial charge on any atom is 0.226 e. The van der Waals surface area contributed by atoms with E-state index in [1.165, 1.54) is 5.56 Å². The predicted molar refractivity (Wildman–Crippen MR) is 115 cm³/mol. The van der Waals surface area contributed by atoms with Gasteiger partial charge in [0.05, 0.1) is 32.5 Å². The number of hydrogen-bond donors (Lipinski definition) is 0. The van der Waals surface area contributed by atoms with Crippen LogP contribution in [0.5, 0.6) is 5.75 Å². The van der Waals surface area contributed by atoms with Crippen molar-refractivity contribution in [2.45, 2.75) is 58.0 Å². The predicted octanol–water partition coefficient (Wildman–Crippen LogP) is 5.70. The van der Waals surface area contributed by atoms with Crippen molar-refractivity contribution in [2.75, 3.05) is 7.11 Å². The Morgan fingerprint density at radius 1 is 0.967 bits per heavy atom. The summed E-state index contributed by atoms with van der Waals surface area (Å²) >= 11 is 0. The van der Waals surface area contributed by atoms with Gasteiger partial charge in [0.25, 0.3) is 0 Å². The van der Waals surface area contributed by atoms with E-state index in [0.717, 1.165) is 48.5 Å². The Balaban J connectivity index is 1.31. The molecular weight excluding hydrogens is 378 g/mol. The van der Waals surface area contributed by atoms with Crippen LogP contribution in [0.15, 0.2) is 59.0 Å². The standard InChI is InChI=1S/C25H29NO4/c1-18-24(26-25(30-18)20-10-6-11-21(14-20)27-2)17-29-23-13-7-12-22(15-23)28-16-19-8-4-3-5-9-19/h3-6,8-11,14,22-23H,7,12-13,15-17H2,1-2H3/t22-,23+/m1/s1. The quantitative estimate of drug-likeness (QED) is 0.479. The Kier molecular flexibility index (Phi) is 6.82. The van der Waals surface area contributed by atoms with Gasteiger partial charge >= 0.3 is 0 Å². The zero-order chi connectivity index (χ0) is 20.8. The van der Waals surface area contributed by atoms with Gasteiger partial charge in [0.15, 0.2) is 0 Å². The van der Waals surface area contributed by atoms with E-state index in [9.17, 15) is 0 Å². The Morgan fingerprint density at radius 3 is 2.50 bits per heavy atom. The van der Waals surface area contributed by atoms with Gasteiger partial charge in [-0.3, -0.25) is 0 Å². The molecule has 5 heteroatoms. The van der Waals surface area contributed by atoms with Gasteiger partial charge in [0.1, 0.15) is 17.2 Å². The van der Waals surface area contributed by atoms with Crippen molar-refractivity contribution in [1.82, 2.24) is 4.98 Å². The number of nitrogens with zero attached hydrogens (tertiary/aromatic N) is 1. The first kappa shape index (κ1) is 20.6. The molecule has 0 bridgehead atoms. The molecule has 0 N–H and O–H groups in total. The fourth-order valence-electron chi connectivity index (χ4n) is 3.83. The van der Waals surface area contributed by atoms with Crippen LogP contribution in [-0.4, -0.2) is 24.3 Å². The number of rotatable bonds is 8. The molecule has 1 heterocycles. The van der Waals surface area contributed by atoms with Crippen molar-refractivity contribution in [3.8, 4) is 17.2 Å². The Labute approximate surface area is 178 Å². The zero-order valence-corrected chi connectivity index (χ0v) is 17.7. The van der Waals surface area contributed by atoms with Crippen molar-refractivity contribution >= 4 is 0 Å². The zero-order valence-electron chi connectivity index (χ0n) is 17.7. The van der Waals surface area contributed by atoms with Crippen LogP contribution in [0.25, 0.3) is 11.5 Å². The van der Waals surface area contributed by atoms with Crippen LogP contribution >= 0.6 is 0 Å². The van der Waals surface area contributed by atoms with Crippen LogP contribution in [0.1, 0.15) is 42.7 Å². The molecule has 5 nitrogen and oxygen atoms in total. The van der Waals surface area contributed by atoms with Gasteiger partial charge in [-0.05, 0) is 56.4 Å². The first-order valence-corrected chi connectivity index (χ1v) is 10.6. The van der Waals surface area contributed by atoms with Crippen molar-refractivity contribution in [3.63, 3.8) is 0 Å². The molecular formula is C25H29NO4. The molecule has 0 amide bonds. The summed E-state index contributed by atoms with van der Waals surface area (Å²) in [5.74, 6) is 2.17. The number of methoxy groups -OCH3 is 1. The number of benzene rings is 2. The van der Waals surface area contributed by atoms with Gasteiger partial charge in [-0.2, -0.15) is 0 Å². The maximum absolute atomic E-state index is 6.20. The summed E-state index contributed by atoms with van der Waals surface area (Å²) in [7, 11) is 1.65. The van der Waals surface area contributed by atoms with E-state index in [4.69, 9.17) is 18.6 Å². The largest absolute Gasteiger partial charge is 0.497 e. The minimum atomic E-state index is 0.191. The highest BCUT2D eigenvalue weighted by Crippen LogP contribution is 2.28. The summed E-state index contributed by atoms with van der Waals surface area (Å²) in [5, 5.41) is 0. The molecule has 2 atom stereocenters. The molecule has 1 aliphatic rings. The van der Waals surface area contributed by atoms with Crippen LogP contribution in [-0.2, 0) is 22.7 Å². The van der Waals surface area contributed by atoms with Gasteiger partial charge in [0.2, 0.25) is 5.89 Å². The second-order valence-corrected chi connectivity index (χ2v) is 7.77. The highest BCUT2D eigenvalue weighted by molar-refractivity contribution is 5.56. The van der Waals surface area contributed by atoms with Crippen LogP contribution in [0.2, 0.25) is 0 Å². The normalized spacial score (nSPS) is 19.0. The molecule has 1 aliphatic carbocycles. The number of ether oxygens (including phenoxy) is 3. The maximum atomic E-state index is 6.20. The monoisotopic (exact) mass is 407 g/mol. The topological polar surface area (TPSA) is 53.7 Å². The smallest absolute Gasteiger partial charge is 0.226 e. The SMILES string of the molecule is COc1cccc(-c2nc(CO[C@H]3CCC[C@@H](OCc4ccccc4)C3)c(C)o2)c1. The third-order valence-electron chi connectivity index (χ3n) is 5.57. The van der Waals surface area contributed by atoms with E-state index in [0.29, 0.717) is 19.1 Å². The van der Waals surface area contributed by atoms with Crippen molar-refractivity contribution < 1.29 is 18.6 Å². The van der Waals surface area contributed by atoms with E-state index >= 15 is 0 Å². The summed E-state index contributed by atoms with van der Waals surface area (Å²) in [5.41, 5.74) is 2.96. The Hall–Kier alpha value is -2.63. The second-order valence-electron chi connectivity index (χ2n) is 7.77. The molecule has 1 saturated carbocycles. The highest BCUT2D eigenvalue weighted by atomic mass is 16.5. The fraction of sp³-hybridized carbons (Fsp3) is 0.400. The van der Waals surface area contributed by atoms with Crippen molar-refractivity contribution in [1.29, 1.82) is 0 Å². The minimum absolute atomic E-state index is 0.191. The lowest BCUT2D eigenvalue weighted by molar-refractivity contribution is -0.0562. The average molecular weight is 408 g/mol. The molecule has 3 aromatic rings. The average Bonchev–Trinajstić information content (AvgIpc) is 3.18. The molecule has 2 aromatic carbocycles. The number of aryl methyl sites for hydroxylation is 1. The lowest BCUT2D eigenvalue weighted by Crippen LogP contribution is -2.28. The summed E-state index contributed by atoms with van der Waals surface area (Å²) in [6.07, 6.45) is 4.63. The summed E-state index contributed by atoms with van der Waals surface area (Å²) in [6, 6.07) is 18.1. The van der Waals surface area contributed by atoms with Crippen molar-refractivity contribution in [2.24, 2.45) is 0 Å². The van der Waals surface area contributed by atoms with E-state index in [1.807, 2.05) is 49.4 Å². The molecule has 0 aliphatic heterocycles. The fourth-order valence-corrected chi connectivity index (χ4v) is 3.83. The van der Waals surface area contributed by atoms with Crippen LogP contribution in [0.3, 0.4) is 0 Å². The highest BCUT2D eigenvalue weighted by Gasteiger charge is 2.24. The molecule has 1 fully saturated rings. The summed E-state index contributed by atoms with van der Waals surface area (Å²) in [4.78, 5) is 4.66. The van der Waals surface area contributed by atoms with Gasteiger partial charge in [-0.15, -0.1) is 0 Å². The number of aromatic nitrogens is 1. The van der Waals surface area contributed by atoms with Gasteiger partial charge < -0.3 is 18.6 Å². The van der Waals surface area contributed by atoms with Gasteiger partial charge in [-0.1, -0.05) is 36.4 Å². The molecule has 30 heavy (non-hydrogen) atoms. The molecule has 0 unspecified atom stereocenters. The van der Waals surface area contributed by atoms with E-state index in [2.05, 4.69) is 17.1 Å². The Morgan fingerprint density at radius 2 is 1.73 bits per heavy atom. The first-order valence-electron chi connectivity index (χ1n) is 10.6. The van der Waals surface area contributed by atoms with Crippen molar-refractivity contribution in [3.05, 3.63) is 71.6 Å². The minimum Gasteiger partial charge on any atom is -0.497 e. The van der Waals surface area contributed by atoms with E-state index < -0.39 is 0 Å². The van der Waals surface area contributed by atoms with E-state index in [-0.39, 0.29) is 12.2 Å². The van der Waals surface area contributed by atoms with Crippen LogP contribution in [0, 0.1) is 6.92 Å². The molecule has 4 rings (SSSR count). The lowest BCUT2D eigenvalue weighted by Gasteiger charge is -2.29. The van der Waals surface area contributed by atoms with E-state index in [1.54, 1.807) is 7.11 Å². The van der Waals surface area contributed by atoms with Gasteiger partial charge in [0, 0.05) is 5.56 Å². The number of oxazole rings is 1. The molecule has 0 spiro atoms.